The normalized spacial score (nSPS) is 27.4. The number of ketones is 1. The number of aryl methyl sites for hydroxylation is 1. The van der Waals surface area contributed by atoms with Crippen LogP contribution in [0.5, 0.6) is 0 Å². The second-order valence-corrected chi connectivity index (χ2v) is 7.03. The highest BCUT2D eigenvalue weighted by atomic mass is 16.2. The first-order chi connectivity index (χ1) is 11.0. The molecule has 23 heavy (non-hydrogen) atoms. The van der Waals surface area contributed by atoms with Crippen LogP contribution >= 0.6 is 0 Å². The van der Waals surface area contributed by atoms with Crippen LogP contribution in [-0.4, -0.2) is 22.7 Å². The third kappa shape index (κ3) is 3.09. The van der Waals surface area contributed by atoms with Crippen molar-refractivity contribution in [2.45, 2.75) is 58.4 Å². The third-order valence-corrected chi connectivity index (χ3v) is 5.52. The minimum Gasteiger partial charge on any atom is -0.349 e. The smallest absolute Gasteiger partial charge is 0.261 e. The van der Waals surface area contributed by atoms with Gasteiger partial charge in [0.15, 0.2) is 5.78 Å². The van der Waals surface area contributed by atoms with Gasteiger partial charge in [-0.05, 0) is 37.2 Å². The lowest BCUT2D eigenvalue weighted by atomic mass is 9.78. The molecule has 0 aromatic carbocycles. The molecule has 0 saturated heterocycles. The maximum atomic E-state index is 12.5. The minimum absolute atomic E-state index is 0.0104. The van der Waals surface area contributed by atoms with Crippen LogP contribution in [0.1, 0.15) is 72.4 Å². The summed E-state index contributed by atoms with van der Waals surface area (Å²) in [5.41, 5.74) is 0.838. The van der Waals surface area contributed by atoms with Gasteiger partial charge in [-0.25, -0.2) is 0 Å². The quantitative estimate of drug-likeness (QED) is 0.879. The van der Waals surface area contributed by atoms with E-state index in [9.17, 15) is 14.4 Å². The lowest BCUT2D eigenvalue weighted by molar-refractivity contribution is 0.0889. The zero-order valence-electron chi connectivity index (χ0n) is 13.8. The van der Waals surface area contributed by atoms with E-state index in [-0.39, 0.29) is 23.3 Å². The van der Waals surface area contributed by atoms with Crippen LogP contribution in [0.15, 0.2) is 10.9 Å². The van der Waals surface area contributed by atoms with Gasteiger partial charge in [0.1, 0.15) is 5.56 Å². The number of rotatable bonds is 2. The van der Waals surface area contributed by atoms with Crippen LogP contribution in [-0.2, 0) is 6.42 Å². The summed E-state index contributed by atoms with van der Waals surface area (Å²) in [4.78, 5) is 39.5. The molecule has 5 heteroatoms. The number of carbonyl (C=O) groups excluding carboxylic acids is 2. The summed E-state index contributed by atoms with van der Waals surface area (Å²) in [5.74, 6) is 0.609. The van der Waals surface area contributed by atoms with Crippen molar-refractivity contribution in [3.05, 3.63) is 33.2 Å². The number of amides is 1. The number of pyridine rings is 1. The van der Waals surface area contributed by atoms with Crippen LogP contribution in [0.4, 0.5) is 0 Å². The highest BCUT2D eigenvalue weighted by Crippen LogP contribution is 2.29. The van der Waals surface area contributed by atoms with Crippen molar-refractivity contribution >= 4 is 11.7 Å². The molecule has 2 aliphatic carbocycles. The Morgan fingerprint density at radius 2 is 1.96 bits per heavy atom. The van der Waals surface area contributed by atoms with Gasteiger partial charge in [-0.1, -0.05) is 26.7 Å². The van der Waals surface area contributed by atoms with Gasteiger partial charge >= 0.3 is 0 Å². The molecule has 1 amide bonds. The van der Waals surface area contributed by atoms with Crippen LogP contribution in [0.3, 0.4) is 0 Å². The molecule has 2 aliphatic rings. The number of carbonyl (C=O) groups is 2. The van der Waals surface area contributed by atoms with Crippen molar-refractivity contribution in [1.82, 2.24) is 10.3 Å². The number of aromatic nitrogens is 1. The summed E-state index contributed by atoms with van der Waals surface area (Å²) in [6.45, 7) is 4.35. The Labute approximate surface area is 135 Å². The molecule has 1 heterocycles. The highest BCUT2D eigenvalue weighted by Gasteiger charge is 2.29. The summed E-state index contributed by atoms with van der Waals surface area (Å²) < 4.78 is 0. The molecule has 124 valence electrons. The van der Waals surface area contributed by atoms with Gasteiger partial charge in [-0.3, -0.25) is 14.4 Å². The molecule has 0 bridgehead atoms. The molecule has 0 aliphatic heterocycles. The van der Waals surface area contributed by atoms with Crippen molar-refractivity contribution in [2.24, 2.45) is 11.8 Å². The maximum Gasteiger partial charge on any atom is 0.261 e. The van der Waals surface area contributed by atoms with Gasteiger partial charge in [-0.2, -0.15) is 0 Å². The third-order valence-electron chi connectivity index (χ3n) is 5.52. The lowest BCUT2D eigenvalue weighted by Gasteiger charge is -2.34. The van der Waals surface area contributed by atoms with E-state index in [0.717, 1.165) is 19.3 Å². The Morgan fingerprint density at radius 1 is 1.17 bits per heavy atom. The Hall–Kier alpha value is -1.91. The Balaban J connectivity index is 1.84. The predicted octanol–water partition coefficient (Wildman–Crippen LogP) is 2.45. The average molecular weight is 316 g/mol. The molecule has 0 unspecified atom stereocenters. The molecule has 2 N–H and O–H groups in total. The SMILES string of the molecule is C[C@H]1[C@H](C)CCC[C@H]1NC(=O)c1cc2c([nH]c1=O)CCCC2=O. The van der Waals surface area contributed by atoms with E-state index in [1.165, 1.54) is 12.5 Å². The van der Waals surface area contributed by atoms with Crippen LogP contribution in [0.25, 0.3) is 0 Å². The summed E-state index contributed by atoms with van der Waals surface area (Å²) in [5, 5.41) is 3.01. The summed E-state index contributed by atoms with van der Waals surface area (Å²) in [6.07, 6.45) is 5.15. The molecule has 0 radical (unpaired) electrons. The van der Waals surface area contributed by atoms with E-state index in [4.69, 9.17) is 0 Å². The fourth-order valence-electron chi connectivity index (χ4n) is 3.78. The van der Waals surface area contributed by atoms with Crippen molar-refractivity contribution in [3.8, 4) is 0 Å². The zero-order valence-corrected chi connectivity index (χ0v) is 13.8. The van der Waals surface area contributed by atoms with Crippen molar-refractivity contribution in [2.75, 3.05) is 0 Å². The molecule has 3 atom stereocenters. The number of aromatic amines is 1. The Kier molecular flexibility index (Phi) is 4.37. The summed E-state index contributed by atoms with van der Waals surface area (Å²) in [6, 6.07) is 1.58. The zero-order chi connectivity index (χ0) is 16.6. The van der Waals surface area contributed by atoms with Crippen molar-refractivity contribution in [3.63, 3.8) is 0 Å². The highest BCUT2D eigenvalue weighted by molar-refractivity contribution is 6.01. The number of H-pyrrole nitrogens is 1. The van der Waals surface area contributed by atoms with Gasteiger partial charge in [-0.15, -0.1) is 0 Å². The molecular formula is C18H24N2O3. The molecular weight excluding hydrogens is 292 g/mol. The van der Waals surface area contributed by atoms with E-state index < -0.39 is 5.56 Å². The Morgan fingerprint density at radius 3 is 2.74 bits per heavy atom. The molecule has 5 nitrogen and oxygen atoms in total. The van der Waals surface area contributed by atoms with Gasteiger partial charge in [0.25, 0.3) is 11.5 Å². The standard InChI is InChI=1S/C18H24N2O3/c1-10-5-3-6-14(11(10)2)19-17(22)13-9-12-15(20-18(13)23)7-4-8-16(12)21/h9-11,14H,3-8H2,1-2H3,(H,19,22)(H,20,23)/t10-,11+,14-/m1/s1. The van der Waals surface area contributed by atoms with E-state index in [1.807, 2.05) is 0 Å². The maximum absolute atomic E-state index is 12.5. The van der Waals surface area contributed by atoms with Crippen molar-refractivity contribution < 1.29 is 9.59 Å². The number of fused-ring (bicyclic) bond motifs is 1. The second-order valence-electron chi connectivity index (χ2n) is 7.03. The molecule has 1 fully saturated rings. The second kappa shape index (κ2) is 6.30. The number of Topliss-reactive ketones (excluding diaryl/α,β-unsaturated/α-hetero) is 1. The first kappa shape index (κ1) is 16.0. The largest absolute Gasteiger partial charge is 0.349 e. The van der Waals surface area contributed by atoms with Crippen molar-refractivity contribution in [1.29, 1.82) is 0 Å². The van der Waals surface area contributed by atoms with Crippen LogP contribution in [0, 0.1) is 11.8 Å². The predicted molar refractivity (Wildman–Crippen MR) is 87.8 cm³/mol. The van der Waals surface area contributed by atoms with E-state index >= 15 is 0 Å². The lowest BCUT2D eigenvalue weighted by Crippen LogP contribution is -2.45. The number of hydrogen-bond acceptors (Lipinski definition) is 3. The topological polar surface area (TPSA) is 79.0 Å². The molecule has 3 rings (SSSR count). The average Bonchev–Trinajstić information content (AvgIpc) is 2.51. The first-order valence-corrected chi connectivity index (χ1v) is 8.57. The van der Waals surface area contributed by atoms with E-state index in [0.29, 0.717) is 35.9 Å². The number of hydrogen-bond donors (Lipinski definition) is 2. The van der Waals surface area contributed by atoms with E-state index in [1.54, 1.807) is 0 Å². The molecule has 1 aromatic rings. The summed E-state index contributed by atoms with van der Waals surface area (Å²) in [7, 11) is 0. The first-order valence-electron chi connectivity index (χ1n) is 8.57. The minimum atomic E-state index is -0.396. The summed E-state index contributed by atoms with van der Waals surface area (Å²) >= 11 is 0. The van der Waals surface area contributed by atoms with Gasteiger partial charge in [0, 0.05) is 23.7 Å². The van der Waals surface area contributed by atoms with Gasteiger partial charge in [0.2, 0.25) is 0 Å². The molecule has 1 aromatic heterocycles. The molecule has 1 saturated carbocycles. The van der Waals surface area contributed by atoms with Crippen LogP contribution in [0.2, 0.25) is 0 Å². The van der Waals surface area contributed by atoms with E-state index in [2.05, 4.69) is 24.1 Å². The number of nitrogens with one attached hydrogen (secondary N) is 2. The fourth-order valence-corrected chi connectivity index (χ4v) is 3.78. The fraction of sp³-hybridized carbons (Fsp3) is 0.611. The molecule has 0 spiro atoms. The monoisotopic (exact) mass is 316 g/mol. The Bertz CT molecular complexity index is 692. The van der Waals surface area contributed by atoms with Gasteiger partial charge in [0.05, 0.1) is 0 Å². The van der Waals surface area contributed by atoms with Crippen LogP contribution < -0.4 is 10.9 Å². The van der Waals surface area contributed by atoms with Gasteiger partial charge < -0.3 is 10.3 Å².